The first-order chi connectivity index (χ1) is 6.91. The smallest absolute Gasteiger partial charge is 0.265 e. The zero-order chi connectivity index (χ0) is 11.6. The van der Waals surface area contributed by atoms with Crippen molar-refractivity contribution < 1.29 is 17.9 Å². The lowest BCUT2D eigenvalue weighted by atomic mass is 10.3. The van der Waals surface area contributed by atoms with Gasteiger partial charge in [-0.15, -0.1) is 0 Å². The minimum absolute atomic E-state index is 0.0978. The minimum atomic E-state index is -3.83. The van der Waals surface area contributed by atoms with E-state index in [0.29, 0.717) is 10.2 Å². The van der Waals surface area contributed by atoms with Gasteiger partial charge in [0.1, 0.15) is 15.1 Å². The highest BCUT2D eigenvalue weighted by atomic mass is 79.9. The van der Waals surface area contributed by atoms with Crippen molar-refractivity contribution in [2.24, 2.45) is 0 Å². The number of hydrogen-bond acceptors (Lipinski definition) is 4. The van der Waals surface area contributed by atoms with Gasteiger partial charge >= 0.3 is 0 Å². The van der Waals surface area contributed by atoms with E-state index in [1.54, 1.807) is 0 Å². The predicted molar refractivity (Wildman–Crippen MR) is 60.3 cm³/mol. The summed E-state index contributed by atoms with van der Waals surface area (Å²) in [6.45, 7) is 0. The molecule has 0 aromatic heterocycles. The van der Waals surface area contributed by atoms with Crippen LogP contribution in [0.4, 0.5) is 0 Å². The largest absolute Gasteiger partial charge is 0.495 e. The van der Waals surface area contributed by atoms with E-state index >= 15 is 0 Å². The Morgan fingerprint density at radius 2 is 1.87 bits per heavy atom. The van der Waals surface area contributed by atoms with Gasteiger partial charge in [0.05, 0.1) is 14.2 Å². The summed E-state index contributed by atoms with van der Waals surface area (Å²) in [5.41, 5.74) is 0. The van der Waals surface area contributed by atoms with E-state index in [1.165, 1.54) is 26.4 Å². The highest BCUT2D eigenvalue weighted by Crippen LogP contribution is 2.40. The molecule has 7 heteroatoms. The first-order valence-electron chi connectivity index (χ1n) is 3.77. The highest BCUT2D eigenvalue weighted by Gasteiger charge is 2.21. The van der Waals surface area contributed by atoms with Crippen LogP contribution in [0.2, 0.25) is 0 Å². The highest BCUT2D eigenvalue weighted by molar-refractivity contribution is 9.10. The van der Waals surface area contributed by atoms with Gasteiger partial charge in [0.25, 0.3) is 9.05 Å². The van der Waals surface area contributed by atoms with Gasteiger partial charge in [-0.1, -0.05) is 0 Å². The van der Waals surface area contributed by atoms with E-state index in [0.717, 1.165) is 0 Å². The Bertz CT molecular complexity index is 472. The van der Waals surface area contributed by atoms with Crippen LogP contribution in [0.5, 0.6) is 11.5 Å². The molecule has 0 bridgehead atoms. The lowest BCUT2D eigenvalue weighted by molar-refractivity contribution is 0.381. The summed E-state index contributed by atoms with van der Waals surface area (Å²) < 4.78 is 32.7. The molecule has 4 nitrogen and oxygen atoms in total. The Labute approximate surface area is 101 Å². The van der Waals surface area contributed by atoms with E-state index in [-0.39, 0.29) is 10.6 Å². The molecule has 0 saturated carbocycles. The Hall–Kier alpha value is -0.460. The molecule has 1 aromatic rings. The van der Waals surface area contributed by atoms with E-state index in [9.17, 15) is 8.42 Å². The van der Waals surface area contributed by atoms with Gasteiger partial charge in [-0.25, -0.2) is 8.42 Å². The van der Waals surface area contributed by atoms with Crippen LogP contribution in [-0.2, 0) is 9.05 Å². The van der Waals surface area contributed by atoms with Crippen molar-refractivity contribution in [2.75, 3.05) is 14.2 Å². The third-order valence-electron chi connectivity index (χ3n) is 1.71. The molecular weight excluding hydrogens is 308 g/mol. The molecule has 0 aliphatic carbocycles. The Morgan fingerprint density at radius 1 is 1.27 bits per heavy atom. The van der Waals surface area contributed by atoms with Crippen molar-refractivity contribution in [3.05, 3.63) is 16.6 Å². The Kier molecular flexibility index (Phi) is 3.86. The third-order valence-corrected chi connectivity index (χ3v) is 3.81. The second-order valence-electron chi connectivity index (χ2n) is 2.55. The van der Waals surface area contributed by atoms with Crippen LogP contribution in [0.1, 0.15) is 0 Å². The number of ether oxygens (including phenoxy) is 2. The molecule has 1 rings (SSSR count). The van der Waals surface area contributed by atoms with Crippen LogP contribution in [0.3, 0.4) is 0 Å². The van der Waals surface area contributed by atoms with Crippen molar-refractivity contribution in [3.63, 3.8) is 0 Å². The van der Waals surface area contributed by atoms with Gasteiger partial charge in [-0.3, -0.25) is 0 Å². The van der Waals surface area contributed by atoms with Crippen LogP contribution in [0, 0.1) is 0 Å². The zero-order valence-corrected chi connectivity index (χ0v) is 11.1. The summed E-state index contributed by atoms with van der Waals surface area (Å²) in [7, 11) is 4.23. The van der Waals surface area contributed by atoms with Crippen LogP contribution >= 0.6 is 26.6 Å². The molecule has 0 radical (unpaired) electrons. The number of benzene rings is 1. The first-order valence-corrected chi connectivity index (χ1v) is 6.87. The summed E-state index contributed by atoms with van der Waals surface area (Å²) in [5, 5.41) is 0. The SMILES string of the molecule is COc1ccc(S(=O)(=O)Cl)c(OC)c1Br. The molecule has 0 fully saturated rings. The summed E-state index contributed by atoms with van der Waals surface area (Å²) in [4.78, 5) is -0.0978. The van der Waals surface area contributed by atoms with Gasteiger partial charge in [0, 0.05) is 10.7 Å². The van der Waals surface area contributed by atoms with E-state index in [1.807, 2.05) is 0 Å². The normalized spacial score (nSPS) is 11.2. The number of methoxy groups -OCH3 is 2. The Balaban J connectivity index is 3.52. The van der Waals surface area contributed by atoms with E-state index in [2.05, 4.69) is 15.9 Å². The summed E-state index contributed by atoms with van der Waals surface area (Å²) in [6.07, 6.45) is 0. The standard InChI is InChI=1S/C8H8BrClO4S/c1-13-5-3-4-6(15(10,11)12)8(14-2)7(5)9/h3-4H,1-2H3. The van der Waals surface area contributed by atoms with Gasteiger partial charge in [-0.05, 0) is 28.1 Å². The fourth-order valence-electron chi connectivity index (χ4n) is 1.06. The fourth-order valence-corrected chi connectivity index (χ4v) is 2.86. The molecule has 0 saturated heterocycles. The predicted octanol–water partition coefficient (Wildman–Crippen LogP) is 2.39. The Morgan fingerprint density at radius 3 is 2.27 bits per heavy atom. The second kappa shape index (κ2) is 4.59. The quantitative estimate of drug-likeness (QED) is 0.804. The lowest BCUT2D eigenvalue weighted by Crippen LogP contribution is -1.98. The molecule has 0 amide bonds. The molecule has 0 unspecified atom stereocenters. The van der Waals surface area contributed by atoms with Crippen LogP contribution in [-0.4, -0.2) is 22.6 Å². The average Bonchev–Trinajstić information content (AvgIpc) is 2.15. The van der Waals surface area contributed by atoms with Crippen LogP contribution in [0.25, 0.3) is 0 Å². The van der Waals surface area contributed by atoms with Crippen molar-refractivity contribution >= 4 is 35.7 Å². The molecule has 0 aliphatic heterocycles. The van der Waals surface area contributed by atoms with Gasteiger partial charge in [0.15, 0.2) is 5.75 Å². The van der Waals surface area contributed by atoms with E-state index < -0.39 is 9.05 Å². The summed E-state index contributed by atoms with van der Waals surface area (Å²) >= 11 is 3.17. The van der Waals surface area contributed by atoms with E-state index in [4.69, 9.17) is 20.2 Å². The van der Waals surface area contributed by atoms with Crippen LogP contribution in [0.15, 0.2) is 21.5 Å². The zero-order valence-electron chi connectivity index (χ0n) is 7.95. The lowest BCUT2D eigenvalue weighted by Gasteiger charge is -2.10. The first kappa shape index (κ1) is 12.6. The molecule has 0 N–H and O–H groups in total. The molecule has 0 spiro atoms. The molecule has 84 valence electrons. The number of hydrogen-bond donors (Lipinski definition) is 0. The molecule has 0 aliphatic rings. The third kappa shape index (κ3) is 2.56. The average molecular weight is 316 g/mol. The van der Waals surface area contributed by atoms with Crippen molar-refractivity contribution in [1.82, 2.24) is 0 Å². The summed E-state index contributed by atoms with van der Waals surface area (Å²) in [6, 6.07) is 2.81. The fraction of sp³-hybridized carbons (Fsp3) is 0.250. The molecule has 15 heavy (non-hydrogen) atoms. The maximum absolute atomic E-state index is 11.2. The second-order valence-corrected chi connectivity index (χ2v) is 5.88. The molecule has 0 atom stereocenters. The van der Waals surface area contributed by atoms with Gasteiger partial charge < -0.3 is 9.47 Å². The topological polar surface area (TPSA) is 52.6 Å². The van der Waals surface area contributed by atoms with Gasteiger partial charge in [-0.2, -0.15) is 0 Å². The maximum Gasteiger partial charge on any atom is 0.265 e. The minimum Gasteiger partial charge on any atom is -0.495 e. The summed E-state index contributed by atoms with van der Waals surface area (Å²) in [5.74, 6) is 0.597. The molecule has 1 aromatic carbocycles. The van der Waals surface area contributed by atoms with Gasteiger partial charge in [0.2, 0.25) is 0 Å². The van der Waals surface area contributed by atoms with Crippen molar-refractivity contribution in [1.29, 1.82) is 0 Å². The monoisotopic (exact) mass is 314 g/mol. The van der Waals surface area contributed by atoms with Crippen molar-refractivity contribution in [2.45, 2.75) is 4.90 Å². The van der Waals surface area contributed by atoms with Crippen molar-refractivity contribution in [3.8, 4) is 11.5 Å². The number of halogens is 2. The molecular formula is C8H8BrClO4S. The van der Waals surface area contributed by atoms with Crippen LogP contribution < -0.4 is 9.47 Å². The molecule has 0 heterocycles. The number of rotatable bonds is 3. The maximum atomic E-state index is 11.2.